The highest BCUT2D eigenvalue weighted by atomic mass is 16.3. The molecule has 102 valence electrons. The zero-order valence-corrected chi connectivity index (χ0v) is 11.2. The predicted octanol–water partition coefficient (Wildman–Crippen LogP) is 0.857. The molecular weight excluding hydrogens is 240 g/mol. The first-order chi connectivity index (χ1) is 9.07. The Kier molecular flexibility index (Phi) is 3.07. The molecule has 1 aromatic carbocycles. The van der Waals surface area contributed by atoms with Crippen molar-refractivity contribution in [1.29, 1.82) is 0 Å². The fourth-order valence-corrected chi connectivity index (χ4v) is 3.07. The van der Waals surface area contributed by atoms with E-state index in [2.05, 4.69) is 11.4 Å². The molecule has 2 N–H and O–H groups in total. The van der Waals surface area contributed by atoms with E-state index in [9.17, 15) is 9.90 Å². The van der Waals surface area contributed by atoms with Gasteiger partial charge in [-0.1, -0.05) is 24.3 Å². The summed E-state index contributed by atoms with van der Waals surface area (Å²) in [5.74, 6) is 0.0243. The maximum Gasteiger partial charge on any atom is 0.231 e. The average molecular weight is 260 g/mol. The number of nitrogens with zero attached hydrogens (tertiary/aromatic N) is 1. The number of β-amino-alcohol motifs (C(OH)–C–C–N with tert-alkyl or cyclic N) is 1. The fraction of sp³-hybridized carbons (Fsp3) is 0.533. The topological polar surface area (TPSA) is 52.6 Å². The van der Waals surface area contributed by atoms with Crippen LogP contribution in [0.5, 0.6) is 0 Å². The minimum absolute atomic E-state index is 0.112. The van der Waals surface area contributed by atoms with Gasteiger partial charge in [-0.05, 0) is 24.5 Å². The lowest BCUT2D eigenvalue weighted by Gasteiger charge is -2.29. The molecular formula is C15H20N2O2. The van der Waals surface area contributed by atoms with Crippen LogP contribution in [0.15, 0.2) is 24.3 Å². The van der Waals surface area contributed by atoms with E-state index >= 15 is 0 Å². The Morgan fingerprint density at radius 2 is 2.26 bits per heavy atom. The first-order valence-corrected chi connectivity index (χ1v) is 6.86. The minimum atomic E-state index is -0.725. The second kappa shape index (κ2) is 4.62. The molecule has 4 nitrogen and oxygen atoms in total. The summed E-state index contributed by atoms with van der Waals surface area (Å²) in [5, 5.41) is 13.3. The monoisotopic (exact) mass is 260 g/mol. The van der Waals surface area contributed by atoms with E-state index in [1.54, 1.807) is 11.8 Å². The van der Waals surface area contributed by atoms with Crippen molar-refractivity contribution in [3.8, 4) is 0 Å². The Hall–Kier alpha value is -1.39. The molecule has 0 bridgehead atoms. The Morgan fingerprint density at radius 1 is 1.47 bits per heavy atom. The van der Waals surface area contributed by atoms with E-state index in [1.165, 1.54) is 5.56 Å². The summed E-state index contributed by atoms with van der Waals surface area (Å²) < 4.78 is 0. The third-order valence-electron chi connectivity index (χ3n) is 4.16. The van der Waals surface area contributed by atoms with Crippen molar-refractivity contribution in [3.05, 3.63) is 35.4 Å². The van der Waals surface area contributed by atoms with Crippen LogP contribution in [0.3, 0.4) is 0 Å². The van der Waals surface area contributed by atoms with Gasteiger partial charge < -0.3 is 15.3 Å². The number of hydrogen-bond donors (Lipinski definition) is 2. The van der Waals surface area contributed by atoms with Gasteiger partial charge >= 0.3 is 0 Å². The van der Waals surface area contributed by atoms with Gasteiger partial charge in [-0.2, -0.15) is 0 Å². The second-order valence-corrected chi connectivity index (χ2v) is 5.89. The maximum atomic E-state index is 12.6. The molecule has 0 saturated carbocycles. The highest BCUT2D eigenvalue weighted by molar-refractivity contribution is 5.85. The summed E-state index contributed by atoms with van der Waals surface area (Å²) in [6.45, 7) is 4.43. The second-order valence-electron chi connectivity index (χ2n) is 5.89. The van der Waals surface area contributed by atoms with Gasteiger partial charge in [-0.25, -0.2) is 0 Å². The summed E-state index contributed by atoms with van der Waals surface area (Å²) >= 11 is 0. The van der Waals surface area contributed by atoms with Crippen LogP contribution >= 0.6 is 0 Å². The van der Waals surface area contributed by atoms with Gasteiger partial charge in [0, 0.05) is 26.2 Å². The lowest BCUT2D eigenvalue weighted by Crippen LogP contribution is -2.42. The number of aliphatic hydroxyl groups is 1. The van der Waals surface area contributed by atoms with Crippen molar-refractivity contribution < 1.29 is 9.90 Å². The molecule has 2 unspecified atom stereocenters. The van der Waals surface area contributed by atoms with E-state index in [0.717, 1.165) is 12.1 Å². The quantitative estimate of drug-likeness (QED) is 0.787. The molecule has 1 fully saturated rings. The van der Waals surface area contributed by atoms with E-state index in [0.29, 0.717) is 26.1 Å². The molecule has 19 heavy (non-hydrogen) atoms. The van der Waals surface area contributed by atoms with Gasteiger partial charge in [-0.15, -0.1) is 0 Å². The van der Waals surface area contributed by atoms with E-state index in [4.69, 9.17) is 0 Å². The summed E-state index contributed by atoms with van der Waals surface area (Å²) in [7, 11) is 0. The van der Waals surface area contributed by atoms with Gasteiger partial charge in [0.25, 0.3) is 0 Å². The van der Waals surface area contributed by atoms with Gasteiger partial charge in [0.1, 0.15) is 0 Å². The normalized spacial score (nSPS) is 30.2. The fourth-order valence-electron chi connectivity index (χ4n) is 3.07. The molecule has 0 radical (unpaired) electrons. The Bertz CT molecular complexity index is 499. The van der Waals surface area contributed by atoms with Crippen LogP contribution < -0.4 is 5.32 Å². The van der Waals surface area contributed by atoms with Crippen molar-refractivity contribution in [3.63, 3.8) is 0 Å². The molecule has 0 aliphatic carbocycles. The molecule has 3 rings (SSSR count). The van der Waals surface area contributed by atoms with Crippen LogP contribution in [0.2, 0.25) is 0 Å². The number of rotatable bonds is 1. The minimum Gasteiger partial charge on any atom is -0.388 e. The van der Waals surface area contributed by atoms with Crippen LogP contribution in [0, 0.1) is 0 Å². The van der Waals surface area contributed by atoms with Crippen molar-refractivity contribution in [1.82, 2.24) is 10.2 Å². The SMILES string of the molecule is CC1(O)CCN(C(=O)C2CNCc3ccccc32)C1. The zero-order valence-electron chi connectivity index (χ0n) is 11.2. The third-order valence-corrected chi connectivity index (χ3v) is 4.16. The molecule has 2 aliphatic rings. The van der Waals surface area contributed by atoms with Gasteiger partial charge in [0.15, 0.2) is 0 Å². The van der Waals surface area contributed by atoms with Crippen molar-refractivity contribution in [2.45, 2.75) is 31.4 Å². The third kappa shape index (κ3) is 2.38. The number of nitrogens with one attached hydrogen (secondary N) is 1. The Labute approximate surface area is 113 Å². The smallest absolute Gasteiger partial charge is 0.231 e. The van der Waals surface area contributed by atoms with Gasteiger partial charge in [-0.3, -0.25) is 4.79 Å². The molecule has 2 atom stereocenters. The van der Waals surface area contributed by atoms with E-state index in [1.807, 2.05) is 18.2 Å². The number of amides is 1. The zero-order chi connectivity index (χ0) is 13.5. The first kappa shape index (κ1) is 12.6. The molecule has 0 aromatic heterocycles. The molecule has 0 spiro atoms. The number of fused-ring (bicyclic) bond motifs is 1. The predicted molar refractivity (Wildman–Crippen MR) is 72.7 cm³/mol. The summed E-state index contributed by atoms with van der Waals surface area (Å²) in [6, 6.07) is 8.12. The first-order valence-electron chi connectivity index (χ1n) is 6.86. The largest absolute Gasteiger partial charge is 0.388 e. The molecule has 4 heteroatoms. The summed E-state index contributed by atoms with van der Waals surface area (Å²) in [5.41, 5.74) is 1.62. The van der Waals surface area contributed by atoms with Gasteiger partial charge in [0.05, 0.1) is 11.5 Å². The number of benzene rings is 1. The van der Waals surface area contributed by atoms with Crippen LogP contribution in [-0.2, 0) is 11.3 Å². The van der Waals surface area contributed by atoms with Crippen molar-refractivity contribution >= 4 is 5.91 Å². The highest BCUT2D eigenvalue weighted by Crippen LogP contribution is 2.29. The summed E-state index contributed by atoms with van der Waals surface area (Å²) in [4.78, 5) is 14.4. The van der Waals surface area contributed by atoms with Crippen LogP contribution in [0.25, 0.3) is 0 Å². The maximum absolute atomic E-state index is 12.6. The Balaban J connectivity index is 1.82. The van der Waals surface area contributed by atoms with E-state index in [-0.39, 0.29) is 11.8 Å². The number of hydrogen-bond acceptors (Lipinski definition) is 3. The van der Waals surface area contributed by atoms with Crippen LogP contribution in [-0.4, -0.2) is 41.1 Å². The number of likely N-dealkylation sites (tertiary alicyclic amines) is 1. The van der Waals surface area contributed by atoms with Crippen molar-refractivity contribution in [2.24, 2.45) is 0 Å². The standard InChI is InChI=1S/C15H20N2O2/c1-15(19)6-7-17(10-15)14(18)13-9-16-8-11-4-2-3-5-12(11)13/h2-5,13,16,19H,6-10H2,1H3. The molecule has 1 aromatic rings. The number of carbonyl (C=O) groups is 1. The van der Waals surface area contributed by atoms with Crippen molar-refractivity contribution in [2.75, 3.05) is 19.6 Å². The van der Waals surface area contributed by atoms with Crippen LogP contribution in [0.1, 0.15) is 30.4 Å². The van der Waals surface area contributed by atoms with Crippen LogP contribution in [0.4, 0.5) is 0 Å². The molecule has 2 aliphatic heterocycles. The molecule has 1 amide bonds. The average Bonchev–Trinajstić information content (AvgIpc) is 2.78. The van der Waals surface area contributed by atoms with Gasteiger partial charge in [0.2, 0.25) is 5.91 Å². The lowest BCUT2D eigenvalue weighted by atomic mass is 9.90. The molecule has 1 saturated heterocycles. The lowest BCUT2D eigenvalue weighted by molar-refractivity contribution is -0.132. The highest BCUT2D eigenvalue weighted by Gasteiger charge is 2.37. The molecule has 2 heterocycles. The van der Waals surface area contributed by atoms with E-state index < -0.39 is 5.60 Å². The Morgan fingerprint density at radius 3 is 3.00 bits per heavy atom. The number of carbonyl (C=O) groups excluding carboxylic acids is 1. The summed E-state index contributed by atoms with van der Waals surface area (Å²) in [6.07, 6.45) is 0.667.